The maximum atomic E-state index is 10.8. The van der Waals surface area contributed by atoms with Crippen LogP contribution in [0.25, 0.3) is 0 Å². The van der Waals surface area contributed by atoms with Crippen molar-refractivity contribution >= 4 is 37.2 Å². The van der Waals surface area contributed by atoms with Gasteiger partial charge in [-0.05, 0) is 11.8 Å². The van der Waals surface area contributed by atoms with Crippen LogP contribution >= 0.6 is 11.8 Å². The predicted octanol–water partition coefficient (Wildman–Crippen LogP) is -1.51. The number of thioether (sulfide) groups is 1. The third kappa shape index (κ3) is 1.45. The molecule has 70 valence electrons. The topological polar surface area (TPSA) is 105 Å². The summed E-state index contributed by atoms with van der Waals surface area (Å²) < 4.78 is 21.4. The second-order valence-electron chi connectivity index (χ2n) is 2.36. The lowest BCUT2D eigenvalue weighted by Gasteiger charge is -2.00. The van der Waals surface area contributed by atoms with Gasteiger partial charge in [0.05, 0.1) is 0 Å². The zero-order valence-electron chi connectivity index (χ0n) is 6.17. The molecular weight excluding hydrogens is 216 g/mol. The molecule has 0 aliphatic carbocycles. The van der Waals surface area contributed by atoms with E-state index in [1.165, 1.54) is 5.01 Å². The molecule has 2 N–H and O–H groups in total. The zero-order chi connectivity index (χ0) is 9.64. The predicted molar refractivity (Wildman–Crippen MR) is 47.3 cm³/mol. The molecule has 0 aromatic carbocycles. The van der Waals surface area contributed by atoms with Crippen molar-refractivity contribution in [1.82, 2.24) is 5.01 Å². The lowest BCUT2D eigenvalue weighted by Crippen LogP contribution is -2.20. The van der Waals surface area contributed by atoms with Crippen LogP contribution in [0.3, 0.4) is 0 Å². The number of nitrogens with two attached hydrogens (primary N) is 1. The summed E-state index contributed by atoms with van der Waals surface area (Å²) in [7, 11) is -3.78. The second-order valence-corrected chi connectivity index (χ2v) is 5.05. The summed E-state index contributed by atoms with van der Waals surface area (Å²) in [4.78, 5) is 14.3. The maximum absolute atomic E-state index is 10.8. The number of carbonyl (C=O) groups excluding carboxylic acids is 1. The van der Waals surface area contributed by atoms with E-state index in [1.54, 1.807) is 0 Å². The van der Waals surface area contributed by atoms with Crippen LogP contribution in [0.5, 0.6) is 0 Å². The molecule has 2 rings (SSSR count). The highest BCUT2D eigenvalue weighted by Crippen LogP contribution is 2.25. The third-order valence-electron chi connectivity index (χ3n) is 1.35. The molecule has 0 aromatic rings. The van der Waals surface area contributed by atoms with Gasteiger partial charge in [-0.3, -0.25) is 4.79 Å². The van der Waals surface area contributed by atoms with E-state index in [2.05, 4.69) is 10.1 Å². The van der Waals surface area contributed by atoms with Gasteiger partial charge in [-0.25, -0.2) is 18.6 Å². The maximum Gasteiger partial charge on any atom is 0.269 e. The van der Waals surface area contributed by atoms with E-state index < -0.39 is 10.0 Å². The number of fused-ring (bicyclic) bond motifs is 1. The van der Waals surface area contributed by atoms with Crippen molar-refractivity contribution in [3.05, 3.63) is 0 Å². The molecule has 0 saturated carbocycles. The Hall–Kier alpha value is -0.930. The number of rotatable bonds is 0. The van der Waals surface area contributed by atoms with Crippen molar-refractivity contribution < 1.29 is 13.2 Å². The van der Waals surface area contributed by atoms with Gasteiger partial charge >= 0.3 is 0 Å². The lowest BCUT2D eigenvalue weighted by atomic mass is 10.6. The average Bonchev–Trinajstić information content (AvgIpc) is 2.40. The van der Waals surface area contributed by atoms with Crippen molar-refractivity contribution in [3.63, 3.8) is 0 Å². The first kappa shape index (κ1) is 8.66. The summed E-state index contributed by atoms with van der Waals surface area (Å²) in [5.74, 6) is -0.334. The molecule has 2 heterocycles. The van der Waals surface area contributed by atoms with Crippen molar-refractivity contribution in [2.45, 2.75) is 0 Å². The quantitative estimate of drug-likeness (QED) is 0.534. The fourth-order valence-electron chi connectivity index (χ4n) is 0.861. The van der Waals surface area contributed by atoms with Gasteiger partial charge in [0.15, 0.2) is 5.17 Å². The minimum Gasteiger partial charge on any atom is -0.270 e. The lowest BCUT2D eigenvalue weighted by molar-refractivity contribution is -0.117. The average molecular weight is 220 g/mol. The Morgan fingerprint density at radius 3 is 2.77 bits per heavy atom. The van der Waals surface area contributed by atoms with Gasteiger partial charge in [-0.1, -0.05) is 0 Å². The Balaban J connectivity index is 2.32. The number of amides is 1. The molecule has 0 radical (unpaired) electrons. The van der Waals surface area contributed by atoms with E-state index in [0.29, 0.717) is 0 Å². The summed E-state index contributed by atoms with van der Waals surface area (Å²) in [6.07, 6.45) is 0. The standard InChI is InChI=1S/C4H4N4O3S2/c5-13(10,11)4-7-8-1-2(9)6-3(8)12-4/h1H2,(H2,5,10,11). The molecule has 2 aliphatic heterocycles. The molecule has 0 saturated heterocycles. The van der Waals surface area contributed by atoms with Crippen molar-refractivity contribution in [2.24, 2.45) is 15.2 Å². The zero-order valence-corrected chi connectivity index (χ0v) is 7.80. The van der Waals surface area contributed by atoms with E-state index in [0.717, 1.165) is 11.8 Å². The molecular formula is C4H4N4O3S2. The number of hydrogen-bond donors (Lipinski definition) is 1. The van der Waals surface area contributed by atoms with Crippen molar-refractivity contribution in [2.75, 3.05) is 6.54 Å². The summed E-state index contributed by atoms with van der Waals surface area (Å²) in [6, 6.07) is 0. The fourth-order valence-corrected chi connectivity index (χ4v) is 2.42. The van der Waals surface area contributed by atoms with Gasteiger partial charge in [0.1, 0.15) is 6.54 Å². The molecule has 7 nitrogen and oxygen atoms in total. The Morgan fingerprint density at radius 1 is 1.54 bits per heavy atom. The van der Waals surface area contributed by atoms with Gasteiger partial charge in [0.25, 0.3) is 15.9 Å². The van der Waals surface area contributed by atoms with Crippen LogP contribution < -0.4 is 5.14 Å². The molecule has 13 heavy (non-hydrogen) atoms. The van der Waals surface area contributed by atoms with Gasteiger partial charge in [0, 0.05) is 0 Å². The van der Waals surface area contributed by atoms with Crippen LogP contribution in [0.4, 0.5) is 0 Å². The van der Waals surface area contributed by atoms with Crippen molar-refractivity contribution in [3.8, 4) is 0 Å². The molecule has 2 aliphatic rings. The van der Waals surface area contributed by atoms with Gasteiger partial charge in [-0.15, -0.1) is 5.10 Å². The molecule has 1 amide bonds. The fraction of sp³-hybridized carbons (Fsp3) is 0.250. The normalized spacial score (nSPS) is 21.6. The highest BCUT2D eigenvalue weighted by Gasteiger charge is 2.35. The number of nitrogens with zero attached hydrogens (tertiary/aromatic N) is 3. The minimum atomic E-state index is -3.78. The van der Waals surface area contributed by atoms with Gasteiger partial charge in [-0.2, -0.15) is 4.99 Å². The monoisotopic (exact) mass is 220 g/mol. The number of sulfonamides is 1. The first-order valence-electron chi connectivity index (χ1n) is 3.15. The molecule has 0 spiro atoms. The van der Waals surface area contributed by atoms with Crippen LogP contribution in [0.2, 0.25) is 0 Å². The van der Waals surface area contributed by atoms with Crippen LogP contribution in [0.1, 0.15) is 0 Å². The largest absolute Gasteiger partial charge is 0.270 e. The molecule has 0 bridgehead atoms. The van der Waals surface area contributed by atoms with E-state index in [9.17, 15) is 13.2 Å². The molecule has 0 unspecified atom stereocenters. The Morgan fingerprint density at radius 2 is 2.23 bits per heavy atom. The van der Waals surface area contributed by atoms with E-state index in [4.69, 9.17) is 5.14 Å². The number of amidine groups is 1. The Labute approximate surface area is 77.7 Å². The highest BCUT2D eigenvalue weighted by atomic mass is 32.3. The molecule has 0 aromatic heterocycles. The molecule has 9 heteroatoms. The smallest absolute Gasteiger partial charge is 0.269 e. The number of hydrogen-bond acceptors (Lipinski definition) is 6. The third-order valence-corrected chi connectivity index (χ3v) is 3.61. The van der Waals surface area contributed by atoms with Gasteiger partial charge < -0.3 is 0 Å². The van der Waals surface area contributed by atoms with E-state index in [-0.39, 0.29) is 22.0 Å². The summed E-state index contributed by atoms with van der Waals surface area (Å²) >= 11 is 0.784. The number of carbonyl (C=O) groups is 1. The Bertz CT molecular complexity index is 436. The van der Waals surface area contributed by atoms with Crippen LogP contribution in [-0.4, -0.2) is 35.4 Å². The number of primary sulfonamides is 1. The summed E-state index contributed by atoms with van der Waals surface area (Å²) in [5.41, 5.74) is 0. The second kappa shape index (κ2) is 2.53. The first-order chi connectivity index (χ1) is 5.97. The minimum absolute atomic E-state index is 0.0125. The Kier molecular flexibility index (Phi) is 1.68. The first-order valence-corrected chi connectivity index (χ1v) is 5.51. The SMILES string of the molecule is NS(=O)(=O)C1=NN2CC(=O)N=C2S1. The van der Waals surface area contributed by atoms with Crippen LogP contribution in [0.15, 0.2) is 10.1 Å². The summed E-state index contributed by atoms with van der Waals surface area (Å²) in [5, 5.41) is 9.94. The van der Waals surface area contributed by atoms with E-state index in [1.807, 2.05) is 0 Å². The molecule has 0 atom stereocenters. The number of aliphatic imine (C=N–C) groups is 1. The van der Waals surface area contributed by atoms with Crippen LogP contribution in [0, 0.1) is 0 Å². The summed E-state index contributed by atoms with van der Waals surface area (Å²) in [6.45, 7) is -0.0125. The van der Waals surface area contributed by atoms with E-state index >= 15 is 0 Å². The highest BCUT2D eigenvalue weighted by molar-refractivity contribution is 8.42. The number of hydrazone groups is 1. The van der Waals surface area contributed by atoms with Crippen LogP contribution in [-0.2, 0) is 14.8 Å². The van der Waals surface area contributed by atoms with Gasteiger partial charge in [0.2, 0.25) is 4.38 Å². The molecule has 0 fully saturated rings. The van der Waals surface area contributed by atoms with Crippen molar-refractivity contribution in [1.29, 1.82) is 0 Å².